The van der Waals surface area contributed by atoms with Crippen molar-refractivity contribution in [2.75, 3.05) is 13.1 Å². The molecule has 1 fully saturated rings. The summed E-state index contributed by atoms with van der Waals surface area (Å²) >= 11 is 1.64. The number of nitrogens with one attached hydrogen (secondary N) is 1. The highest BCUT2D eigenvalue weighted by molar-refractivity contribution is 7.08. The van der Waals surface area contributed by atoms with Crippen LogP contribution in [0.2, 0.25) is 0 Å². The van der Waals surface area contributed by atoms with Gasteiger partial charge in [0, 0.05) is 48.4 Å². The number of fused-ring (bicyclic) bond motifs is 1. The standard InChI is InChI=1S/C25H27N5OS/c1-2-21-14-23(27-24-15-22(28-30(21)24)19-10-13-32-17-19)25(31)26-20-8-11-29(12-9-20)16-18-6-4-3-5-7-18/h3-7,10,13-15,17,20H,2,8-9,11-12,16H2,1H3,(H,26,31). The summed E-state index contributed by atoms with van der Waals surface area (Å²) in [5, 5.41) is 12.0. The first kappa shape index (κ1) is 20.8. The number of hydrogen-bond acceptors (Lipinski definition) is 5. The van der Waals surface area contributed by atoms with Crippen molar-refractivity contribution in [3.8, 4) is 11.3 Å². The van der Waals surface area contributed by atoms with Crippen LogP contribution in [0, 0.1) is 0 Å². The molecule has 1 aromatic carbocycles. The van der Waals surface area contributed by atoms with Gasteiger partial charge in [0.05, 0.1) is 5.69 Å². The number of piperidine rings is 1. The Morgan fingerprint density at radius 3 is 2.69 bits per heavy atom. The summed E-state index contributed by atoms with van der Waals surface area (Å²) in [6, 6.07) is 16.6. The number of carbonyl (C=O) groups is 1. The third-order valence-electron chi connectivity index (χ3n) is 6.08. The van der Waals surface area contributed by atoms with E-state index in [4.69, 9.17) is 5.10 Å². The second-order valence-corrected chi connectivity index (χ2v) is 9.09. The number of carbonyl (C=O) groups excluding carboxylic acids is 1. The Hall–Kier alpha value is -3.03. The average Bonchev–Trinajstić information content (AvgIpc) is 3.50. The van der Waals surface area contributed by atoms with Gasteiger partial charge in [0.1, 0.15) is 5.69 Å². The molecular weight excluding hydrogens is 418 g/mol. The highest BCUT2D eigenvalue weighted by Gasteiger charge is 2.22. The molecule has 4 heterocycles. The van der Waals surface area contributed by atoms with E-state index in [9.17, 15) is 4.79 Å². The maximum Gasteiger partial charge on any atom is 0.270 e. The molecule has 0 saturated carbocycles. The van der Waals surface area contributed by atoms with Gasteiger partial charge in [0.25, 0.3) is 5.91 Å². The Bertz CT molecular complexity index is 1190. The molecule has 0 aliphatic carbocycles. The molecule has 164 valence electrons. The summed E-state index contributed by atoms with van der Waals surface area (Å²) in [5.41, 5.74) is 5.47. The van der Waals surface area contributed by atoms with E-state index in [1.807, 2.05) is 28.1 Å². The van der Waals surface area contributed by atoms with Crippen molar-refractivity contribution in [3.05, 3.63) is 76.2 Å². The summed E-state index contributed by atoms with van der Waals surface area (Å²) in [4.78, 5) is 20.1. The Labute approximate surface area is 191 Å². The van der Waals surface area contributed by atoms with Crippen LogP contribution in [0.3, 0.4) is 0 Å². The summed E-state index contributed by atoms with van der Waals surface area (Å²) < 4.78 is 1.85. The molecule has 0 spiro atoms. The molecule has 32 heavy (non-hydrogen) atoms. The minimum Gasteiger partial charge on any atom is -0.348 e. The van der Waals surface area contributed by atoms with Gasteiger partial charge >= 0.3 is 0 Å². The zero-order valence-corrected chi connectivity index (χ0v) is 19.0. The molecular formula is C25H27N5OS. The van der Waals surface area contributed by atoms with Gasteiger partial charge in [-0.15, -0.1) is 0 Å². The predicted octanol–water partition coefficient (Wildman–Crippen LogP) is 4.41. The number of thiophene rings is 1. The molecule has 1 saturated heterocycles. The van der Waals surface area contributed by atoms with Crippen LogP contribution >= 0.6 is 11.3 Å². The van der Waals surface area contributed by atoms with Crippen LogP contribution in [-0.2, 0) is 13.0 Å². The molecule has 3 aromatic heterocycles. The smallest absolute Gasteiger partial charge is 0.270 e. The first-order valence-corrected chi connectivity index (χ1v) is 12.1. The van der Waals surface area contributed by atoms with Gasteiger partial charge in [0.2, 0.25) is 0 Å². The Morgan fingerprint density at radius 2 is 1.97 bits per heavy atom. The monoisotopic (exact) mass is 445 g/mol. The maximum absolute atomic E-state index is 13.0. The second-order valence-electron chi connectivity index (χ2n) is 8.31. The molecule has 4 aromatic rings. The fraction of sp³-hybridized carbons (Fsp3) is 0.320. The lowest BCUT2D eigenvalue weighted by molar-refractivity contribution is 0.0904. The molecule has 7 heteroatoms. The van der Waals surface area contributed by atoms with E-state index in [1.54, 1.807) is 11.3 Å². The second kappa shape index (κ2) is 9.22. The number of benzene rings is 1. The molecule has 0 bridgehead atoms. The van der Waals surface area contributed by atoms with Crippen molar-refractivity contribution >= 4 is 22.9 Å². The first-order valence-electron chi connectivity index (χ1n) is 11.2. The molecule has 0 unspecified atom stereocenters. The molecule has 1 N–H and O–H groups in total. The quantitative estimate of drug-likeness (QED) is 0.477. The van der Waals surface area contributed by atoms with Gasteiger partial charge in [-0.05, 0) is 42.3 Å². The lowest BCUT2D eigenvalue weighted by Gasteiger charge is -2.32. The minimum atomic E-state index is -0.0954. The zero-order valence-electron chi connectivity index (χ0n) is 18.2. The normalized spacial score (nSPS) is 15.3. The maximum atomic E-state index is 13.0. The number of aryl methyl sites for hydroxylation is 1. The molecule has 1 aliphatic heterocycles. The van der Waals surface area contributed by atoms with Crippen LogP contribution in [0.5, 0.6) is 0 Å². The van der Waals surface area contributed by atoms with Gasteiger partial charge in [-0.1, -0.05) is 37.3 Å². The molecule has 0 radical (unpaired) electrons. The van der Waals surface area contributed by atoms with Crippen LogP contribution in [0.4, 0.5) is 0 Å². The molecule has 5 rings (SSSR count). The van der Waals surface area contributed by atoms with Crippen LogP contribution in [0.1, 0.15) is 41.5 Å². The third-order valence-corrected chi connectivity index (χ3v) is 6.77. The lowest BCUT2D eigenvalue weighted by Crippen LogP contribution is -2.44. The van der Waals surface area contributed by atoms with E-state index in [0.29, 0.717) is 11.3 Å². The lowest BCUT2D eigenvalue weighted by atomic mass is 10.0. The Morgan fingerprint density at radius 1 is 1.16 bits per heavy atom. The van der Waals surface area contributed by atoms with Crippen LogP contribution < -0.4 is 5.32 Å². The SMILES string of the molecule is CCc1cc(C(=O)NC2CCN(Cc3ccccc3)CC2)nc2cc(-c3ccsc3)nn12. The fourth-order valence-electron chi connectivity index (χ4n) is 4.29. The van der Waals surface area contributed by atoms with E-state index in [0.717, 1.165) is 55.8 Å². The largest absolute Gasteiger partial charge is 0.348 e. The van der Waals surface area contributed by atoms with E-state index in [-0.39, 0.29) is 11.9 Å². The molecule has 6 nitrogen and oxygen atoms in total. The number of hydrogen-bond donors (Lipinski definition) is 1. The van der Waals surface area contributed by atoms with Gasteiger partial charge in [-0.3, -0.25) is 9.69 Å². The van der Waals surface area contributed by atoms with Crippen LogP contribution in [-0.4, -0.2) is 44.5 Å². The van der Waals surface area contributed by atoms with Crippen LogP contribution in [0.25, 0.3) is 16.9 Å². The number of amides is 1. The van der Waals surface area contributed by atoms with Crippen LogP contribution in [0.15, 0.2) is 59.3 Å². The number of rotatable bonds is 6. The van der Waals surface area contributed by atoms with Gasteiger partial charge in [0.15, 0.2) is 5.65 Å². The van der Waals surface area contributed by atoms with E-state index in [1.165, 1.54) is 5.56 Å². The van der Waals surface area contributed by atoms with Gasteiger partial charge in [-0.2, -0.15) is 16.4 Å². The van der Waals surface area contributed by atoms with Gasteiger partial charge < -0.3 is 5.32 Å². The molecule has 1 aliphatic rings. The van der Waals surface area contributed by atoms with Gasteiger partial charge in [-0.25, -0.2) is 9.50 Å². The van der Waals surface area contributed by atoms with Crippen molar-refractivity contribution in [2.24, 2.45) is 0 Å². The summed E-state index contributed by atoms with van der Waals surface area (Å²) in [6.07, 6.45) is 2.69. The topological polar surface area (TPSA) is 62.5 Å². The highest BCUT2D eigenvalue weighted by Crippen LogP contribution is 2.23. The van der Waals surface area contributed by atoms with E-state index >= 15 is 0 Å². The first-order chi connectivity index (χ1) is 15.7. The Balaban J connectivity index is 1.26. The number of nitrogens with zero attached hydrogens (tertiary/aromatic N) is 4. The van der Waals surface area contributed by atoms with Crippen molar-refractivity contribution < 1.29 is 4.79 Å². The summed E-state index contributed by atoms with van der Waals surface area (Å²) in [6.45, 7) is 5.01. The molecule has 0 atom stereocenters. The zero-order chi connectivity index (χ0) is 21.9. The van der Waals surface area contributed by atoms with E-state index in [2.05, 4.69) is 57.8 Å². The Kier molecular flexibility index (Phi) is 6.01. The summed E-state index contributed by atoms with van der Waals surface area (Å²) in [7, 11) is 0. The number of aromatic nitrogens is 3. The fourth-order valence-corrected chi connectivity index (χ4v) is 4.94. The third kappa shape index (κ3) is 4.45. The van der Waals surface area contributed by atoms with Crippen molar-refractivity contribution in [1.29, 1.82) is 0 Å². The summed E-state index contributed by atoms with van der Waals surface area (Å²) in [5.74, 6) is -0.0954. The van der Waals surface area contributed by atoms with Crippen molar-refractivity contribution in [2.45, 2.75) is 38.8 Å². The van der Waals surface area contributed by atoms with Crippen molar-refractivity contribution in [3.63, 3.8) is 0 Å². The molecule has 1 amide bonds. The minimum absolute atomic E-state index is 0.0954. The van der Waals surface area contributed by atoms with Crippen molar-refractivity contribution in [1.82, 2.24) is 24.8 Å². The predicted molar refractivity (Wildman–Crippen MR) is 128 cm³/mol. The average molecular weight is 446 g/mol. The number of likely N-dealkylation sites (tertiary alicyclic amines) is 1. The highest BCUT2D eigenvalue weighted by atomic mass is 32.1. The van der Waals surface area contributed by atoms with E-state index < -0.39 is 0 Å².